The summed E-state index contributed by atoms with van der Waals surface area (Å²) in [6.45, 7) is -1.55. The first kappa shape index (κ1) is 30.7. The van der Waals surface area contributed by atoms with Crippen LogP contribution in [0.15, 0.2) is 29.7 Å². The zero-order valence-corrected chi connectivity index (χ0v) is 24.1. The quantitative estimate of drug-likeness (QED) is 0.0866. The van der Waals surface area contributed by atoms with E-state index in [-0.39, 0.29) is 28.4 Å². The highest BCUT2D eigenvalue weighted by atomic mass is 31.2. The van der Waals surface area contributed by atoms with Crippen LogP contribution >= 0.6 is 15.9 Å². The number of anilines is 2. The molecule has 23 heteroatoms. The number of hydrogen-bond acceptors (Lipinski definition) is 16. The van der Waals surface area contributed by atoms with Gasteiger partial charge in [0.1, 0.15) is 41.7 Å². The first-order chi connectivity index (χ1) is 20.9. The van der Waals surface area contributed by atoms with Crippen molar-refractivity contribution in [1.29, 1.82) is 0 Å². The second kappa shape index (κ2) is 11.5. The van der Waals surface area contributed by atoms with Crippen LogP contribution in [0.5, 0.6) is 0 Å². The van der Waals surface area contributed by atoms with Crippen LogP contribution < -0.4 is 17.0 Å². The van der Waals surface area contributed by atoms with Crippen molar-refractivity contribution in [3.63, 3.8) is 0 Å². The fraction of sp³-hybridized carbons (Fsp3) is 0.476. The van der Waals surface area contributed by atoms with Gasteiger partial charge in [0.2, 0.25) is 5.95 Å². The van der Waals surface area contributed by atoms with Crippen LogP contribution in [0.25, 0.3) is 22.3 Å². The summed E-state index contributed by atoms with van der Waals surface area (Å²) in [6, 6.07) is 1.51. The highest BCUT2D eigenvalue weighted by molar-refractivity contribution is 7.53. The second-order valence-electron chi connectivity index (χ2n) is 9.99. The molecule has 0 radical (unpaired) electrons. The number of rotatable bonds is 9. The standard InChI is InChI=1S/C21H27N9O12P2/c22-7-1-2-24-16-10(7)25-5-29(16)19-13(33)14(42-43(35)36)9(41-19)4-39-44(37,38)15-12(32)8(3-31)40-20(15)30-6-26-11-17(30)27-21(23)28-18(11)34/h1-2,5-6,8-9,12-15,19-20,31-33,43H,3-4H2,(H2,22,24)(H,35,36)(H,37,38)(H3,23,27,28,34)/t8-,9-,12-,13-,14-,15-,19-,20-/m1/s1. The van der Waals surface area contributed by atoms with Gasteiger partial charge in [0, 0.05) is 6.20 Å². The Balaban J connectivity index is 1.29. The number of aromatic nitrogens is 7. The fourth-order valence-electron chi connectivity index (χ4n) is 5.34. The van der Waals surface area contributed by atoms with E-state index < -0.39 is 83.3 Å². The number of pyridine rings is 1. The summed E-state index contributed by atoms with van der Waals surface area (Å²) in [5.74, 6) is -0.286. The lowest BCUT2D eigenvalue weighted by Gasteiger charge is -2.27. The maximum absolute atomic E-state index is 13.7. The Labute approximate surface area is 245 Å². The normalized spacial score (nSPS) is 31.1. The van der Waals surface area contributed by atoms with Crippen molar-refractivity contribution in [1.82, 2.24) is 34.1 Å². The average molecular weight is 659 g/mol. The van der Waals surface area contributed by atoms with Crippen molar-refractivity contribution in [3.05, 3.63) is 35.3 Å². The predicted molar refractivity (Wildman–Crippen MR) is 147 cm³/mol. The summed E-state index contributed by atoms with van der Waals surface area (Å²) < 4.78 is 49.7. The van der Waals surface area contributed by atoms with E-state index in [1.807, 2.05) is 0 Å². The highest BCUT2D eigenvalue weighted by Gasteiger charge is 2.56. The Kier molecular flexibility index (Phi) is 8.05. The minimum absolute atomic E-state index is 0.138. The maximum atomic E-state index is 13.7. The number of nitrogen functional groups attached to an aromatic ring is 2. The molecule has 2 aliphatic rings. The smallest absolute Gasteiger partial charge is 0.338 e. The van der Waals surface area contributed by atoms with Crippen molar-refractivity contribution >= 4 is 49.8 Å². The van der Waals surface area contributed by atoms with Gasteiger partial charge < -0.3 is 55.1 Å². The third kappa shape index (κ3) is 5.21. The highest BCUT2D eigenvalue weighted by Crippen LogP contribution is 2.57. The molecular formula is C21H27N9O12P2. The molecule has 6 heterocycles. The van der Waals surface area contributed by atoms with Gasteiger partial charge in [0.25, 0.3) is 5.56 Å². The van der Waals surface area contributed by atoms with Crippen LogP contribution in [-0.4, -0.2) is 109 Å². The summed E-state index contributed by atoms with van der Waals surface area (Å²) in [4.78, 5) is 51.4. The molecule has 0 amide bonds. The molecule has 44 heavy (non-hydrogen) atoms. The topological polar surface area (TPSA) is 319 Å². The second-order valence-corrected chi connectivity index (χ2v) is 12.7. The Bertz CT molecular complexity index is 1830. The molecule has 0 bridgehead atoms. The summed E-state index contributed by atoms with van der Waals surface area (Å²) in [7, 11) is -8.64. The minimum atomic E-state index is -4.98. The number of nitrogens with one attached hydrogen (secondary N) is 1. The SMILES string of the molecule is Nc1nc2c(ncn2[C@@H]2O[C@H](CO)[C@@H](O)[C@H]2P(=O)(O)OC[C@H]2O[C@@H](n3cnc4c(N)ccnc43)[C@H](O)[C@@H]2O[PH](=O)O)c(=O)[nH]1. The summed E-state index contributed by atoms with van der Waals surface area (Å²) in [5.41, 5.74) is 9.57. The first-order valence-corrected chi connectivity index (χ1v) is 15.8. The number of imidazole rings is 2. The Morgan fingerprint density at radius 1 is 1.05 bits per heavy atom. The number of H-pyrrole nitrogens is 1. The predicted octanol–water partition coefficient (Wildman–Crippen LogP) is -2.42. The third-order valence-corrected chi connectivity index (χ3v) is 9.66. The first-order valence-electron chi connectivity index (χ1n) is 12.8. The number of aliphatic hydroxyl groups is 3. The zero-order chi connectivity index (χ0) is 31.5. The van der Waals surface area contributed by atoms with E-state index in [0.29, 0.717) is 5.52 Å². The molecule has 4 aromatic rings. The minimum Gasteiger partial charge on any atom is -0.397 e. The molecule has 2 saturated heterocycles. The van der Waals surface area contributed by atoms with E-state index >= 15 is 0 Å². The van der Waals surface area contributed by atoms with Crippen molar-refractivity contribution in [3.8, 4) is 0 Å². The Morgan fingerprint density at radius 3 is 2.43 bits per heavy atom. The third-order valence-electron chi connectivity index (χ3n) is 7.35. The molecule has 0 spiro atoms. The van der Waals surface area contributed by atoms with E-state index in [1.54, 1.807) is 0 Å². The number of fused-ring (bicyclic) bond motifs is 2. The summed E-state index contributed by atoms with van der Waals surface area (Å²) >= 11 is 0. The van der Waals surface area contributed by atoms with Gasteiger partial charge in [-0.3, -0.25) is 28.0 Å². The number of hydrogen-bond donors (Lipinski definition) is 8. The van der Waals surface area contributed by atoms with Crippen LogP contribution in [0.3, 0.4) is 0 Å². The molecule has 2 aliphatic heterocycles. The van der Waals surface area contributed by atoms with Crippen LogP contribution in [0.2, 0.25) is 0 Å². The van der Waals surface area contributed by atoms with Gasteiger partial charge >= 0.3 is 15.9 Å². The van der Waals surface area contributed by atoms with Crippen LogP contribution in [0.1, 0.15) is 12.5 Å². The molecule has 0 saturated carbocycles. The molecule has 238 valence electrons. The van der Waals surface area contributed by atoms with Crippen LogP contribution in [-0.2, 0) is 27.7 Å². The molecule has 0 aliphatic carbocycles. The lowest BCUT2D eigenvalue weighted by Crippen LogP contribution is -2.37. The summed E-state index contributed by atoms with van der Waals surface area (Å²) in [6.07, 6.45) is -6.75. The van der Waals surface area contributed by atoms with Crippen molar-refractivity contribution < 1.29 is 52.8 Å². The molecule has 2 unspecified atom stereocenters. The molecule has 4 aromatic heterocycles. The molecule has 21 nitrogen and oxygen atoms in total. The van der Waals surface area contributed by atoms with E-state index in [4.69, 9.17) is 30.0 Å². The molecule has 10 N–H and O–H groups in total. The van der Waals surface area contributed by atoms with Gasteiger partial charge in [-0.25, -0.2) is 15.0 Å². The van der Waals surface area contributed by atoms with Gasteiger partial charge in [-0.05, 0) is 6.07 Å². The van der Waals surface area contributed by atoms with Gasteiger partial charge in [-0.15, -0.1) is 0 Å². The largest absolute Gasteiger partial charge is 0.397 e. The number of aromatic amines is 1. The number of ether oxygens (including phenoxy) is 2. The number of nitrogens with two attached hydrogens (primary N) is 2. The average Bonchev–Trinajstić information content (AvgIpc) is 3.72. The van der Waals surface area contributed by atoms with Crippen molar-refractivity contribution in [2.75, 3.05) is 24.7 Å². The van der Waals surface area contributed by atoms with Crippen LogP contribution in [0.4, 0.5) is 11.6 Å². The van der Waals surface area contributed by atoms with Gasteiger partial charge in [0.15, 0.2) is 29.3 Å². The number of aliphatic hydroxyl groups excluding tert-OH is 3. The Morgan fingerprint density at radius 2 is 1.73 bits per heavy atom. The molecular weight excluding hydrogens is 632 g/mol. The zero-order valence-electron chi connectivity index (χ0n) is 22.2. The van der Waals surface area contributed by atoms with E-state index in [2.05, 4.69) is 24.9 Å². The van der Waals surface area contributed by atoms with E-state index in [9.17, 15) is 39.0 Å². The van der Waals surface area contributed by atoms with Crippen molar-refractivity contribution in [2.24, 2.45) is 0 Å². The lowest BCUT2D eigenvalue weighted by atomic mass is 10.1. The maximum Gasteiger partial charge on any atom is 0.338 e. The molecule has 2 fully saturated rings. The monoisotopic (exact) mass is 659 g/mol. The fourth-order valence-corrected chi connectivity index (χ4v) is 7.52. The van der Waals surface area contributed by atoms with E-state index in [1.165, 1.54) is 23.2 Å². The molecule has 0 aromatic carbocycles. The van der Waals surface area contributed by atoms with Gasteiger partial charge in [-0.2, -0.15) is 4.98 Å². The summed E-state index contributed by atoms with van der Waals surface area (Å²) in [5, 5.41) is 31.7. The van der Waals surface area contributed by atoms with Gasteiger partial charge in [0.05, 0.1) is 31.6 Å². The van der Waals surface area contributed by atoms with Crippen molar-refractivity contribution in [2.45, 2.75) is 48.6 Å². The molecule has 6 rings (SSSR count). The van der Waals surface area contributed by atoms with Crippen LogP contribution in [0, 0.1) is 0 Å². The van der Waals surface area contributed by atoms with Gasteiger partial charge in [-0.1, -0.05) is 0 Å². The molecule has 10 atom stereocenters. The number of nitrogens with zero attached hydrogens (tertiary/aromatic N) is 6. The Hall–Kier alpha value is -3.33. The lowest BCUT2D eigenvalue weighted by molar-refractivity contribution is -0.0491. The van der Waals surface area contributed by atoms with E-state index in [0.717, 1.165) is 10.9 Å².